The van der Waals surface area contributed by atoms with E-state index in [1.165, 1.54) is 12.8 Å². The van der Waals surface area contributed by atoms with Gasteiger partial charge in [-0.3, -0.25) is 0 Å². The van der Waals surface area contributed by atoms with Crippen LogP contribution in [0.1, 0.15) is 38.5 Å². The van der Waals surface area contributed by atoms with Gasteiger partial charge in [-0.15, -0.1) is 0 Å². The van der Waals surface area contributed by atoms with Gasteiger partial charge in [-0.1, -0.05) is 41.6 Å². The third-order valence-electron chi connectivity index (χ3n) is 3.12. The molecule has 16 heavy (non-hydrogen) atoms. The molecule has 1 aliphatic rings. The highest BCUT2D eigenvalue weighted by molar-refractivity contribution is 9.09. The molecular formula is C11H18BrF3O. The molecule has 0 atom stereocenters. The molecule has 1 rings (SSSR count). The molecule has 0 saturated heterocycles. The Morgan fingerprint density at radius 3 is 2.06 bits per heavy atom. The number of alkyl halides is 4. The highest BCUT2D eigenvalue weighted by Crippen LogP contribution is 2.37. The van der Waals surface area contributed by atoms with E-state index in [1.54, 1.807) is 0 Å². The molecule has 1 aliphatic carbocycles. The molecule has 5 heteroatoms. The number of halogens is 4. The van der Waals surface area contributed by atoms with Crippen molar-refractivity contribution in [2.24, 2.45) is 5.41 Å². The summed E-state index contributed by atoms with van der Waals surface area (Å²) in [5.41, 5.74) is -0.0816. The minimum absolute atomic E-state index is 0.0816. The zero-order valence-electron chi connectivity index (χ0n) is 9.28. The van der Waals surface area contributed by atoms with E-state index in [4.69, 9.17) is 4.74 Å². The van der Waals surface area contributed by atoms with Crippen molar-refractivity contribution in [3.05, 3.63) is 0 Å². The summed E-state index contributed by atoms with van der Waals surface area (Å²) in [7, 11) is 0. The standard InChI is InChI=1S/C11H18BrF3O/c12-7-10(5-3-1-2-4-6-10)8-16-9-11(13,14)15/h1-9H2. The third-order valence-corrected chi connectivity index (χ3v) is 4.31. The van der Waals surface area contributed by atoms with Gasteiger partial charge in [0.05, 0.1) is 6.61 Å². The molecule has 0 aliphatic heterocycles. The first-order valence-electron chi connectivity index (χ1n) is 5.68. The Hall–Kier alpha value is 0.230. The fourth-order valence-corrected chi connectivity index (χ4v) is 2.90. The van der Waals surface area contributed by atoms with Crippen LogP contribution in [0, 0.1) is 5.41 Å². The quantitative estimate of drug-likeness (QED) is 0.556. The first-order chi connectivity index (χ1) is 7.47. The van der Waals surface area contributed by atoms with Gasteiger partial charge in [0.1, 0.15) is 6.61 Å². The fourth-order valence-electron chi connectivity index (χ4n) is 2.18. The molecule has 1 fully saturated rings. The highest BCUT2D eigenvalue weighted by Gasteiger charge is 2.33. The molecule has 0 amide bonds. The summed E-state index contributed by atoms with van der Waals surface area (Å²) in [6.45, 7) is -0.903. The van der Waals surface area contributed by atoms with Gasteiger partial charge < -0.3 is 4.74 Å². The summed E-state index contributed by atoms with van der Waals surface area (Å²) in [5.74, 6) is 0. The molecule has 1 saturated carbocycles. The SMILES string of the molecule is FC(F)(F)COCC1(CBr)CCCCCC1. The lowest BCUT2D eigenvalue weighted by molar-refractivity contribution is -0.180. The van der Waals surface area contributed by atoms with Crippen LogP contribution < -0.4 is 0 Å². The molecule has 0 unspecified atom stereocenters. The van der Waals surface area contributed by atoms with Crippen molar-refractivity contribution in [1.29, 1.82) is 0 Å². The van der Waals surface area contributed by atoms with Gasteiger partial charge in [-0.2, -0.15) is 13.2 Å². The smallest absolute Gasteiger partial charge is 0.371 e. The van der Waals surface area contributed by atoms with Crippen LogP contribution in [0.3, 0.4) is 0 Å². The molecular weight excluding hydrogens is 285 g/mol. The van der Waals surface area contributed by atoms with Gasteiger partial charge in [-0.25, -0.2) is 0 Å². The second-order valence-electron chi connectivity index (χ2n) is 4.66. The Balaban J connectivity index is 2.39. The number of rotatable bonds is 4. The highest BCUT2D eigenvalue weighted by atomic mass is 79.9. The van der Waals surface area contributed by atoms with E-state index in [0.29, 0.717) is 0 Å². The van der Waals surface area contributed by atoms with Crippen molar-refractivity contribution < 1.29 is 17.9 Å². The van der Waals surface area contributed by atoms with Gasteiger partial charge in [0.15, 0.2) is 0 Å². The molecule has 0 spiro atoms. The lowest BCUT2D eigenvalue weighted by atomic mass is 9.83. The minimum atomic E-state index is -4.21. The van der Waals surface area contributed by atoms with Crippen molar-refractivity contribution in [2.45, 2.75) is 44.7 Å². The predicted octanol–water partition coefficient (Wildman–Crippen LogP) is 4.30. The molecule has 1 nitrogen and oxygen atoms in total. The van der Waals surface area contributed by atoms with Crippen LogP contribution in [0.25, 0.3) is 0 Å². The van der Waals surface area contributed by atoms with E-state index in [-0.39, 0.29) is 12.0 Å². The average molecular weight is 303 g/mol. The van der Waals surface area contributed by atoms with Crippen molar-refractivity contribution in [3.8, 4) is 0 Å². The lowest BCUT2D eigenvalue weighted by Gasteiger charge is -2.30. The molecule has 0 heterocycles. The van der Waals surface area contributed by atoms with Crippen molar-refractivity contribution >= 4 is 15.9 Å². The molecule has 0 aromatic carbocycles. The zero-order chi connectivity index (χ0) is 12.1. The summed E-state index contributed by atoms with van der Waals surface area (Å²) in [4.78, 5) is 0. The Labute approximate surface area is 103 Å². The summed E-state index contributed by atoms with van der Waals surface area (Å²) in [6.07, 6.45) is 2.30. The van der Waals surface area contributed by atoms with Crippen LogP contribution in [0.15, 0.2) is 0 Å². The summed E-state index contributed by atoms with van der Waals surface area (Å²) < 4.78 is 40.8. The van der Waals surface area contributed by atoms with Gasteiger partial charge in [0.25, 0.3) is 0 Å². The molecule has 0 aromatic rings. The molecule has 0 aromatic heterocycles. The summed E-state index contributed by atoms with van der Waals surface area (Å²) >= 11 is 3.42. The normalized spacial score (nSPS) is 21.8. The van der Waals surface area contributed by atoms with Crippen LogP contribution in [0.4, 0.5) is 13.2 Å². The molecule has 0 bridgehead atoms. The predicted molar refractivity (Wildman–Crippen MR) is 60.8 cm³/mol. The maximum atomic E-state index is 12.0. The van der Waals surface area contributed by atoms with Gasteiger partial charge >= 0.3 is 6.18 Å². The second-order valence-corrected chi connectivity index (χ2v) is 5.22. The molecule has 0 radical (unpaired) electrons. The fraction of sp³-hybridized carbons (Fsp3) is 1.00. The second kappa shape index (κ2) is 6.24. The first kappa shape index (κ1) is 14.3. The van der Waals surface area contributed by atoms with Gasteiger partial charge in [-0.05, 0) is 12.8 Å². The Kier molecular flexibility index (Phi) is 5.57. The van der Waals surface area contributed by atoms with Crippen LogP contribution in [-0.4, -0.2) is 24.7 Å². The largest absolute Gasteiger partial charge is 0.411 e. The molecule has 96 valence electrons. The van der Waals surface area contributed by atoms with Crippen LogP contribution in [-0.2, 0) is 4.74 Å². The summed E-state index contributed by atoms with van der Waals surface area (Å²) in [5, 5.41) is 0.734. The number of hydrogen-bond donors (Lipinski definition) is 0. The Morgan fingerprint density at radius 2 is 1.62 bits per heavy atom. The van der Waals surface area contributed by atoms with E-state index in [9.17, 15) is 13.2 Å². The summed E-state index contributed by atoms with van der Waals surface area (Å²) in [6, 6.07) is 0. The monoisotopic (exact) mass is 302 g/mol. The van der Waals surface area contributed by atoms with Crippen molar-refractivity contribution in [3.63, 3.8) is 0 Å². The van der Waals surface area contributed by atoms with Crippen molar-refractivity contribution in [1.82, 2.24) is 0 Å². The van der Waals surface area contributed by atoms with Crippen LogP contribution >= 0.6 is 15.9 Å². The Bertz CT molecular complexity index is 198. The first-order valence-corrected chi connectivity index (χ1v) is 6.80. The van der Waals surface area contributed by atoms with Gasteiger partial charge in [0, 0.05) is 10.7 Å². The third kappa shape index (κ3) is 5.04. The van der Waals surface area contributed by atoms with E-state index in [0.717, 1.165) is 31.0 Å². The van der Waals surface area contributed by atoms with E-state index >= 15 is 0 Å². The molecule has 0 N–H and O–H groups in total. The minimum Gasteiger partial charge on any atom is -0.371 e. The van der Waals surface area contributed by atoms with Gasteiger partial charge in [0.2, 0.25) is 0 Å². The van der Waals surface area contributed by atoms with E-state index in [2.05, 4.69) is 15.9 Å². The van der Waals surface area contributed by atoms with Crippen LogP contribution in [0.5, 0.6) is 0 Å². The van der Waals surface area contributed by atoms with E-state index in [1.807, 2.05) is 0 Å². The average Bonchev–Trinajstić information content (AvgIpc) is 2.42. The maximum Gasteiger partial charge on any atom is 0.411 e. The topological polar surface area (TPSA) is 9.23 Å². The van der Waals surface area contributed by atoms with Crippen LogP contribution in [0.2, 0.25) is 0 Å². The van der Waals surface area contributed by atoms with E-state index < -0.39 is 12.8 Å². The lowest BCUT2D eigenvalue weighted by Crippen LogP contribution is -2.30. The Morgan fingerprint density at radius 1 is 1.06 bits per heavy atom. The zero-order valence-corrected chi connectivity index (χ0v) is 10.9. The number of hydrogen-bond acceptors (Lipinski definition) is 1. The maximum absolute atomic E-state index is 12.0. The van der Waals surface area contributed by atoms with Crippen molar-refractivity contribution in [2.75, 3.05) is 18.5 Å². The number of ether oxygens (including phenoxy) is 1.